The second-order valence-corrected chi connectivity index (χ2v) is 7.20. The third-order valence-electron chi connectivity index (χ3n) is 2.94. The van der Waals surface area contributed by atoms with E-state index < -0.39 is 9.84 Å². The summed E-state index contributed by atoms with van der Waals surface area (Å²) >= 11 is 0. The molecule has 1 heterocycles. The van der Waals surface area contributed by atoms with Crippen molar-refractivity contribution in [2.75, 3.05) is 12.0 Å². The predicted octanol–water partition coefficient (Wildman–Crippen LogP) is 1.90. The van der Waals surface area contributed by atoms with Crippen LogP contribution in [-0.2, 0) is 16.4 Å². The standard InChI is InChI=1S/C14H17FN2O2S/c1-10(9-20(2,18)19)17-8-12-7-13(15)6-11-4-3-5-16-14(11)12/h3-7,10,17H,8-9H2,1-2H3/t10-/m0/s1. The first-order valence-electron chi connectivity index (χ1n) is 6.29. The Balaban J connectivity index is 2.17. The van der Waals surface area contributed by atoms with E-state index in [1.165, 1.54) is 18.4 Å². The Morgan fingerprint density at radius 2 is 2.15 bits per heavy atom. The van der Waals surface area contributed by atoms with Crippen LogP contribution in [0.25, 0.3) is 10.9 Å². The number of halogens is 1. The van der Waals surface area contributed by atoms with E-state index in [-0.39, 0.29) is 17.6 Å². The van der Waals surface area contributed by atoms with Gasteiger partial charge in [-0.1, -0.05) is 6.07 Å². The number of hydrogen-bond acceptors (Lipinski definition) is 4. The number of fused-ring (bicyclic) bond motifs is 1. The molecule has 2 aromatic rings. The average molecular weight is 296 g/mol. The topological polar surface area (TPSA) is 59.1 Å². The highest BCUT2D eigenvalue weighted by Gasteiger charge is 2.11. The number of nitrogens with one attached hydrogen (secondary N) is 1. The van der Waals surface area contributed by atoms with Crippen LogP contribution in [0.2, 0.25) is 0 Å². The average Bonchev–Trinajstić information content (AvgIpc) is 2.33. The smallest absolute Gasteiger partial charge is 0.148 e. The first kappa shape index (κ1) is 14.9. The normalized spacial score (nSPS) is 13.6. The molecular weight excluding hydrogens is 279 g/mol. The molecule has 0 amide bonds. The molecule has 2 rings (SSSR count). The number of rotatable bonds is 5. The van der Waals surface area contributed by atoms with Gasteiger partial charge in [0.1, 0.15) is 15.7 Å². The molecule has 1 N–H and O–H groups in total. The van der Waals surface area contributed by atoms with Gasteiger partial charge in [0, 0.05) is 30.4 Å². The molecule has 1 aromatic carbocycles. The van der Waals surface area contributed by atoms with Crippen LogP contribution in [0, 0.1) is 5.82 Å². The molecule has 1 aromatic heterocycles. The van der Waals surface area contributed by atoms with Crippen LogP contribution in [-0.4, -0.2) is 31.5 Å². The molecule has 0 radical (unpaired) electrons. The summed E-state index contributed by atoms with van der Waals surface area (Å²) < 4.78 is 36.0. The van der Waals surface area contributed by atoms with Crippen LogP contribution in [0.15, 0.2) is 30.5 Å². The van der Waals surface area contributed by atoms with Crippen molar-refractivity contribution in [1.29, 1.82) is 0 Å². The lowest BCUT2D eigenvalue weighted by molar-refractivity contribution is 0.558. The Hall–Kier alpha value is -1.53. The van der Waals surface area contributed by atoms with Gasteiger partial charge in [-0.3, -0.25) is 4.98 Å². The fraction of sp³-hybridized carbons (Fsp3) is 0.357. The Bertz CT molecular complexity index is 716. The van der Waals surface area contributed by atoms with Gasteiger partial charge < -0.3 is 5.32 Å². The third-order valence-corrected chi connectivity index (χ3v) is 4.05. The summed E-state index contributed by atoms with van der Waals surface area (Å²) in [6.45, 7) is 2.16. The zero-order chi connectivity index (χ0) is 14.8. The van der Waals surface area contributed by atoms with Crippen molar-refractivity contribution in [3.8, 4) is 0 Å². The van der Waals surface area contributed by atoms with E-state index in [2.05, 4.69) is 10.3 Å². The van der Waals surface area contributed by atoms with Crippen molar-refractivity contribution in [2.45, 2.75) is 19.5 Å². The summed E-state index contributed by atoms with van der Waals surface area (Å²) in [5.74, 6) is -0.272. The zero-order valence-electron chi connectivity index (χ0n) is 11.4. The monoisotopic (exact) mass is 296 g/mol. The number of sulfone groups is 1. The lowest BCUT2D eigenvalue weighted by Gasteiger charge is -2.13. The Labute approximate surface area is 117 Å². The minimum Gasteiger partial charge on any atom is -0.309 e. The second-order valence-electron chi connectivity index (χ2n) is 5.01. The van der Waals surface area contributed by atoms with E-state index in [9.17, 15) is 12.8 Å². The van der Waals surface area contributed by atoms with Crippen LogP contribution in [0.4, 0.5) is 4.39 Å². The van der Waals surface area contributed by atoms with E-state index in [0.29, 0.717) is 6.54 Å². The molecule has 0 spiro atoms. The molecular formula is C14H17FN2O2S. The van der Waals surface area contributed by atoms with Gasteiger partial charge in [-0.2, -0.15) is 0 Å². The molecule has 0 unspecified atom stereocenters. The summed E-state index contributed by atoms with van der Waals surface area (Å²) in [6.07, 6.45) is 2.86. The number of benzene rings is 1. The van der Waals surface area contributed by atoms with E-state index in [1.54, 1.807) is 25.3 Å². The molecule has 20 heavy (non-hydrogen) atoms. The van der Waals surface area contributed by atoms with Gasteiger partial charge in [0.25, 0.3) is 0 Å². The summed E-state index contributed by atoms with van der Waals surface area (Å²) in [7, 11) is -3.03. The Kier molecular flexibility index (Phi) is 4.35. The van der Waals surface area contributed by atoms with Gasteiger partial charge in [-0.05, 0) is 30.7 Å². The number of hydrogen-bond donors (Lipinski definition) is 1. The molecule has 0 saturated heterocycles. The van der Waals surface area contributed by atoms with Gasteiger partial charge in [-0.15, -0.1) is 0 Å². The molecule has 6 heteroatoms. The largest absolute Gasteiger partial charge is 0.309 e. The molecule has 0 aliphatic heterocycles. The number of pyridine rings is 1. The summed E-state index contributed by atoms with van der Waals surface area (Å²) in [5.41, 5.74) is 1.45. The van der Waals surface area contributed by atoms with Crippen molar-refractivity contribution in [3.05, 3.63) is 41.8 Å². The SMILES string of the molecule is C[C@@H](CS(C)(=O)=O)NCc1cc(F)cc2cccnc12. The molecule has 4 nitrogen and oxygen atoms in total. The predicted molar refractivity (Wildman–Crippen MR) is 77.7 cm³/mol. The summed E-state index contributed by atoms with van der Waals surface area (Å²) in [6, 6.07) is 6.22. The third kappa shape index (κ3) is 3.98. The van der Waals surface area contributed by atoms with Crippen LogP contribution >= 0.6 is 0 Å². The maximum atomic E-state index is 13.5. The van der Waals surface area contributed by atoms with Gasteiger partial charge in [0.2, 0.25) is 0 Å². The fourth-order valence-electron chi connectivity index (χ4n) is 2.16. The quantitative estimate of drug-likeness (QED) is 0.915. The van der Waals surface area contributed by atoms with Crippen molar-refractivity contribution in [3.63, 3.8) is 0 Å². The zero-order valence-corrected chi connectivity index (χ0v) is 12.2. The lowest BCUT2D eigenvalue weighted by atomic mass is 10.1. The minimum atomic E-state index is -3.03. The van der Waals surface area contributed by atoms with Crippen molar-refractivity contribution in [2.24, 2.45) is 0 Å². The minimum absolute atomic E-state index is 0.0493. The molecule has 0 fully saturated rings. The van der Waals surface area contributed by atoms with Gasteiger partial charge in [0.15, 0.2) is 0 Å². The number of nitrogens with zero attached hydrogens (tertiary/aromatic N) is 1. The molecule has 0 saturated carbocycles. The van der Waals surface area contributed by atoms with Crippen molar-refractivity contribution >= 4 is 20.7 Å². The van der Waals surface area contributed by atoms with E-state index in [4.69, 9.17) is 0 Å². The van der Waals surface area contributed by atoms with Gasteiger partial charge in [0.05, 0.1) is 11.3 Å². The van der Waals surface area contributed by atoms with Gasteiger partial charge >= 0.3 is 0 Å². The highest BCUT2D eigenvalue weighted by Crippen LogP contribution is 2.18. The maximum Gasteiger partial charge on any atom is 0.148 e. The van der Waals surface area contributed by atoms with Crippen molar-refractivity contribution in [1.82, 2.24) is 10.3 Å². The Morgan fingerprint density at radius 3 is 2.85 bits per heavy atom. The summed E-state index contributed by atoms with van der Waals surface area (Å²) in [4.78, 5) is 4.25. The van der Waals surface area contributed by atoms with Crippen LogP contribution in [0.3, 0.4) is 0 Å². The molecule has 1 atom stereocenters. The molecule has 108 valence electrons. The first-order chi connectivity index (χ1) is 9.35. The highest BCUT2D eigenvalue weighted by molar-refractivity contribution is 7.90. The summed E-state index contributed by atoms with van der Waals surface area (Å²) in [5, 5.41) is 3.83. The second kappa shape index (κ2) is 5.85. The van der Waals surface area contributed by atoms with Gasteiger partial charge in [-0.25, -0.2) is 12.8 Å². The maximum absolute atomic E-state index is 13.5. The van der Waals surface area contributed by atoms with Crippen molar-refractivity contribution < 1.29 is 12.8 Å². The molecule has 0 bridgehead atoms. The van der Waals surface area contributed by atoms with E-state index in [1.807, 2.05) is 0 Å². The fourth-order valence-corrected chi connectivity index (χ4v) is 3.19. The first-order valence-corrected chi connectivity index (χ1v) is 8.35. The van der Waals surface area contributed by atoms with E-state index in [0.717, 1.165) is 16.5 Å². The van der Waals surface area contributed by atoms with Crippen LogP contribution < -0.4 is 5.32 Å². The van der Waals surface area contributed by atoms with Crippen LogP contribution in [0.5, 0.6) is 0 Å². The number of aromatic nitrogens is 1. The lowest BCUT2D eigenvalue weighted by Crippen LogP contribution is -2.32. The highest BCUT2D eigenvalue weighted by atomic mass is 32.2. The van der Waals surface area contributed by atoms with Crippen LogP contribution in [0.1, 0.15) is 12.5 Å². The van der Waals surface area contributed by atoms with E-state index >= 15 is 0 Å². The molecule has 0 aliphatic rings. The molecule has 0 aliphatic carbocycles. The Morgan fingerprint density at radius 1 is 1.40 bits per heavy atom.